The minimum atomic E-state index is -3.27. The molecule has 0 spiro atoms. The number of benzene rings is 2. The predicted octanol–water partition coefficient (Wildman–Crippen LogP) is 3.57. The third kappa shape index (κ3) is 4.09. The highest BCUT2D eigenvalue weighted by molar-refractivity contribution is 7.88. The van der Waals surface area contributed by atoms with Gasteiger partial charge in [0.1, 0.15) is 0 Å². The van der Waals surface area contributed by atoms with E-state index in [4.69, 9.17) is 0 Å². The summed E-state index contributed by atoms with van der Waals surface area (Å²) in [6, 6.07) is 14.3. The fraction of sp³-hybridized carbons (Fsp3) is 0.300. The van der Waals surface area contributed by atoms with Crippen molar-refractivity contribution in [2.45, 2.75) is 12.8 Å². The number of hydrogen-bond acceptors (Lipinski definition) is 5. The van der Waals surface area contributed by atoms with Gasteiger partial charge in [-0.3, -0.25) is 4.79 Å². The topological polar surface area (TPSA) is 79.4 Å². The summed E-state index contributed by atoms with van der Waals surface area (Å²) < 4.78 is 24.9. The highest BCUT2D eigenvalue weighted by Crippen LogP contribution is 2.28. The Balaban J connectivity index is 1.47. The number of amides is 1. The Morgan fingerprint density at radius 1 is 1.21 bits per heavy atom. The smallest absolute Gasteiger partial charge is 0.230 e. The van der Waals surface area contributed by atoms with Gasteiger partial charge in [0.05, 0.1) is 17.9 Å². The molecule has 1 N–H and O–H groups in total. The van der Waals surface area contributed by atoms with E-state index in [9.17, 15) is 13.2 Å². The van der Waals surface area contributed by atoms with Gasteiger partial charge in [-0.05, 0) is 29.7 Å². The summed E-state index contributed by atoms with van der Waals surface area (Å²) in [5.74, 6) is -0.524. The molecule has 1 unspecified atom stereocenters. The first-order chi connectivity index (χ1) is 13.4. The number of nitrogens with zero attached hydrogens (tertiary/aromatic N) is 2. The van der Waals surface area contributed by atoms with Gasteiger partial charge in [-0.1, -0.05) is 36.4 Å². The van der Waals surface area contributed by atoms with Gasteiger partial charge in [0, 0.05) is 24.0 Å². The highest BCUT2D eigenvalue weighted by atomic mass is 32.2. The molecular formula is C20H21N3O3S2. The number of thiazole rings is 1. The van der Waals surface area contributed by atoms with E-state index >= 15 is 0 Å². The van der Waals surface area contributed by atoms with Crippen LogP contribution < -0.4 is 5.32 Å². The Kier molecular flexibility index (Phi) is 5.18. The van der Waals surface area contributed by atoms with Crippen LogP contribution in [-0.4, -0.2) is 43.0 Å². The van der Waals surface area contributed by atoms with Crippen molar-refractivity contribution in [3.63, 3.8) is 0 Å². The fourth-order valence-electron chi connectivity index (χ4n) is 3.48. The number of carbonyl (C=O) groups is 1. The Bertz CT molecular complexity index is 1120. The number of rotatable bonds is 4. The number of aromatic nitrogens is 1. The van der Waals surface area contributed by atoms with Gasteiger partial charge in [0.15, 0.2) is 5.13 Å². The van der Waals surface area contributed by atoms with Gasteiger partial charge in [0.25, 0.3) is 0 Å². The zero-order chi connectivity index (χ0) is 19.7. The van der Waals surface area contributed by atoms with Crippen LogP contribution >= 0.6 is 11.3 Å². The molecule has 1 atom stereocenters. The van der Waals surface area contributed by atoms with Crippen molar-refractivity contribution in [2.24, 2.45) is 5.92 Å². The van der Waals surface area contributed by atoms with Crippen molar-refractivity contribution in [3.8, 4) is 11.3 Å². The van der Waals surface area contributed by atoms with Crippen LogP contribution in [0.15, 0.2) is 47.8 Å². The van der Waals surface area contributed by atoms with E-state index in [1.807, 2.05) is 23.6 Å². The molecule has 28 heavy (non-hydrogen) atoms. The number of piperidine rings is 1. The predicted molar refractivity (Wildman–Crippen MR) is 113 cm³/mol. The molecule has 1 fully saturated rings. The van der Waals surface area contributed by atoms with Gasteiger partial charge >= 0.3 is 0 Å². The van der Waals surface area contributed by atoms with Crippen molar-refractivity contribution in [1.82, 2.24) is 9.29 Å². The van der Waals surface area contributed by atoms with E-state index < -0.39 is 10.0 Å². The first-order valence-corrected chi connectivity index (χ1v) is 11.8. The van der Waals surface area contributed by atoms with Crippen LogP contribution in [-0.2, 0) is 14.8 Å². The molecule has 4 rings (SSSR count). The summed E-state index contributed by atoms with van der Waals surface area (Å²) in [7, 11) is -3.27. The van der Waals surface area contributed by atoms with Crippen LogP contribution in [0.4, 0.5) is 5.13 Å². The van der Waals surface area contributed by atoms with E-state index in [1.54, 1.807) is 0 Å². The second kappa shape index (κ2) is 7.62. The molecular weight excluding hydrogens is 394 g/mol. The zero-order valence-electron chi connectivity index (χ0n) is 15.5. The lowest BCUT2D eigenvalue weighted by atomic mass is 9.99. The second-order valence-electron chi connectivity index (χ2n) is 7.05. The number of carbonyl (C=O) groups excluding carboxylic acids is 1. The Morgan fingerprint density at radius 3 is 2.79 bits per heavy atom. The average Bonchev–Trinajstić information content (AvgIpc) is 3.15. The third-order valence-corrected chi connectivity index (χ3v) is 7.03. The molecule has 3 aromatic rings. The maximum atomic E-state index is 12.6. The van der Waals surface area contributed by atoms with Crippen molar-refractivity contribution in [2.75, 3.05) is 24.7 Å². The van der Waals surface area contributed by atoms with Crippen molar-refractivity contribution < 1.29 is 13.2 Å². The molecule has 1 aliphatic rings. The van der Waals surface area contributed by atoms with Crippen LogP contribution in [0.25, 0.3) is 22.0 Å². The quantitative estimate of drug-likeness (QED) is 0.706. The SMILES string of the molecule is CS(=O)(=O)N1CCCC(C(=O)Nc2nc(-c3ccc4ccccc4c3)cs2)C1. The molecule has 2 heterocycles. The molecule has 1 amide bonds. The Morgan fingerprint density at radius 2 is 2.00 bits per heavy atom. The maximum Gasteiger partial charge on any atom is 0.230 e. The lowest BCUT2D eigenvalue weighted by Crippen LogP contribution is -2.43. The molecule has 146 valence electrons. The van der Waals surface area contributed by atoms with E-state index in [-0.39, 0.29) is 18.4 Å². The molecule has 0 saturated carbocycles. The zero-order valence-corrected chi connectivity index (χ0v) is 17.1. The third-order valence-electron chi connectivity index (χ3n) is 5.00. The van der Waals surface area contributed by atoms with Gasteiger partial charge in [-0.15, -0.1) is 11.3 Å². The molecule has 0 radical (unpaired) electrons. The summed E-state index contributed by atoms with van der Waals surface area (Å²) in [4.78, 5) is 17.1. The number of hydrogen-bond donors (Lipinski definition) is 1. The van der Waals surface area contributed by atoms with Crippen molar-refractivity contribution in [3.05, 3.63) is 47.8 Å². The van der Waals surface area contributed by atoms with Crippen molar-refractivity contribution in [1.29, 1.82) is 0 Å². The maximum absolute atomic E-state index is 12.6. The summed E-state index contributed by atoms with van der Waals surface area (Å²) in [5, 5.41) is 7.62. The minimum absolute atomic E-state index is 0.173. The number of fused-ring (bicyclic) bond motifs is 1. The standard InChI is InChI=1S/C20H21N3O3S2/c1-28(25,26)23-10-4-7-17(12-23)19(24)22-20-21-18(13-27-20)16-9-8-14-5-2-3-6-15(14)11-16/h2-3,5-6,8-9,11,13,17H,4,7,10,12H2,1H3,(H,21,22,24). The largest absolute Gasteiger partial charge is 0.302 e. The number of anilines is 1. The molecule has 1 aromatic heterocycles. The van der Waals surface area contributed by atoms with Crippen molar-refractivity contribution >= 4 is 43.2 Å². The van der Waals surface area contributed by atoms with Crippen LogP contribution in [0.5, 0.6) is 0 Å². The van der Waals surface area contributed by atoms with Gasteiger partial charge in [-0.25, -0.2) is 17.7 Å². The van der Waals surface area contributed by atoms with E-state index in [1.165, 1.54) is 27.3 Å². The van der Waals surface area contributed by atoms with Crippen LogP contribution in [0.3, 0.4) is 0 Å². The van der Waals surface area contributed by atoms with E-state index in [2.05, 4.69) is 34.6 Å². The number of sulfonamides is 1. The lowest BCUT2D eigenvalue weighted by molar-refractivity contribution is -0.120. The molecule has 1 saturated heterocycles. The Labute approximate surface area is 168 Å². The van der Waals surface area contributed by atoms with E-state index in [0.717, 1.165) is 16.6 Å². The van der Waals surface area contributed by atoms with Crippen LogP contribution in [0.1, 0.15) is 12.8 Å². The second-order valence-corrected chi connectivity index (χ2v) is 9.89. The van der Waals surface area contributed by atoms with Crippen LogP contribution in [0, 0.1) is 5.92 Å². The molecule has 1 aliphatic heterocycles. The molecule has 0 aliphatic carbocycles. The van der Waals surface area contributed by atoms with E-state index in [0.29, 0.717) is 24.5 Å². The fourth-order valence-corrected chi connectivity index (χ4v) is 5.11. The molecule has 0 bridgehead atoms. The Hall–Kier alpha value is -2.29. The monoisotopic (exact) mass is 415 g/mol. The van der Waals surface area contributed by atoms with Gasteiger partial charge in [-0.2, -0.15) is 0 Å². The average molecular weight is 416 g/mol. The molecule has 6 nitrogen and oxygen atoms in total. The summed E-state index contributed by atoms with van der Waals surface area (Å²) in [5.41, 5.74) is 1.81. The minimum Gasteiger partial charge on any atom is -0.302 e. The summed E-state index contributed by atoms with van der Waals surface area (Å²) >= 11 is 1.37. The summed E-state index contributed by atoms with van der Waals surface area (Å²) in [6.45, 7) is 0.708. The summed E-state index contributed by atoms with van der Waals surface area (Å²) in [6.07, 6.45) is 2.55. The van der Waals surface area contributed by atoms with Gasteiger partial charge < -0.3 is 5.32 Å². The van der Waals surface area contributed by atoms with Crippen LogP contribution in [0.2, 0.25) is 0 Å². The highest BCUT2D eigenvalue weighted by Gasteiger charge is 2.30. The molecule has 8 heteroatoms. The van der Waals surface area contributed by atoms with Gasteiger partial charge in [0.2, 0.25) is 15.9 Å². The lowest BCUT2D eigenvalue weighted by Gasteiger charge is -2.29. The number of nitrogens with one attached hydrogen (secondary N) is 1. The normalized spacial score (nSPS) is 18.2. The first-order valence-electron chi connectivity index (χ1n) is 9.11. The first kappa shape index (κ1) is 19.0. The molecule has 2 aromatic carbocycles.